The van der Waals surface area contributed by atoms with E-state index in [-0.39, 0.29) is 12.5 Å². The van der Waals surface area contributed by atoms with Crippen LogP contribution >= 0.6 is 0 Å². The highest BCUT2D eigenvalue weighted by Crippen LogP contribution is 2.41. The number of hydrogen-bond donors (Lipinski definition) is 7. The van der Waals surface area contributed by atoms with E-state index in [1.165, 1.54) is 6.92 Å². The van der Waals surface area contributed by atoms with E-state index < -0.39 is 66.6 Å². The normalized spacial score (nSPS) is 49.6. The molecule has 0 radical (unpaired) electrons. The van der Waals surface area contributed by atoms with E-state index in [2.05, 4.69) is 16.0 Å². The maximum atomic E-state index is 12.1. The van der Waals surface area contributed by atoms with Crippen LogP contribution in [0.1, 0.15) is 20.3 Å². The molecule has 8 N–H and O–H groups in total. The summed E-state index contributed by atoms with van der Waals surface area (Å²) < 4.78 is 17.7. The first-order valence-electron chi connectivity index (χ1n) is 9.61. The molecule has 0 aromatic carbocycles. The topological polar surface area (TPSA) is 168 Å². The summed E-state index contributed by atoms with van der Waals surface area (Å²) in [5, 5.41) is 41.2. The van der Waals surface area contributed by atoms with Crippen LogP contribution in [0.5, 0.6) is 0 Å². The highest BCUT2D eigenvalue weighted by Gasteiger charge is 2.63. The third-order valence-electron chi connectivity index (χ3n) is 5.88. The standard InChI is InChI=1S/C17H32N4O7/c1-6-5-8(21-15(24)7(2)18)17(25)16(26-6)27-14-12(23)9(19-3)11(22)10(20-4)13(14)28-17/h6-14,16,19-20,22-23,25H,5,18H2,1-4H3,(H,21,24)/t6-,7+,8-,9-,10+,11+,12+,13?,14?,16?,17+/m1/s1. The monoisotopic (exact) mass is 404 g/mol. The molecule has 2 saturated heterocycles. The van der Waals surface area contributed by atoms with E-state index in [9.17, 15) is 20.1 Å². The van der Waals surface area contributed by atoms with Gasteiger partial charge in [-0.05, 0) is 34.4 Å². The van der Waals surface area contributed by atoms with E-state index in [0.29, 0.717) is 0 Å². The largest absolute Gasteiger partial charge is 0.390 e. The second-order valence-electron chi connectivity index (χ2n) is 7.91. The predicted octanol–water partition coefficient (Wildman–Crippen LogP) is -3.66. The van der Waals surface area contributed by atoms with Crippen LogP contribution in [0.3, 0.4) is 0 Å². The lowest BCUT2D eigenvalue weighted by molar-refractivity contribution is -0.449. The van der Waals surface area contributed by atoms with Crippen molar-refractivity contribution in [2.75, 3.05) is 14.1 Å². The molecule has 11 nitrogen and oxygen atoms in total. The second kappa shape index (κ2) is 8.09. The zero-order valence-corrected chi connectivity index (χ0v) is 16.5. The zero-order chi connectivity index (χ0) is 20.8. The van der Waals surface area contributed by atoms with Crippen molar-refractivity contribution in [1.82, 2.24) is 16.0 Å². The molecule has 3 unspecified atom stereocenters. The Bertz CT molecular complexity index is 582. The minimum absolute atomic E-state index is 0.278. The van der Waals surface area contributed by atoms with Gasteiger partial charge in [0.15, 0.2) is 0 Å². The summed E-state index contributed by atoms with van der Waals surface area (Å²) in [5.74, 6) is -2.44. The molecule has 1 saturated carbocycles. The molecular formula is C17H32N4O7. The molecule has 2 aliphatic heterocycles. The number of aliphatic hydroxyl groups excluding tert-OH is 2. The van der Waals surface area contributed by atoms with Crippen LogP contribution in [-0.2, 0) is 19.0 Å². The van der Waals surface area contributed by atoms with Crippen LogP contribution in [0.4, 0.5) is 0 Å². The Morgan fingerprint density at radius 2 is 1.79 bits per heavy atom. The highest BCUT2D eigenvalue weighted by atomic mass is 16.8. The second-order valence-corrected chi connectivity index (χ2v) is 7.91. The number of hydrogen-bond acceptors (Lipinski definition) is 10. The number of likely N-dealkylation sites (N-methyl/N-ethyl adjacent to an activating group) is 2. The van der Waals surface area contributed by atoms with Gasteiger partial charge in [0.1, 0.15) is 18.3 Å². The van der Waals surface area contributed by atoms with Gasteiger partial charge in [0.05, 0.1) is 36.4 Å². The van der Waals surface area contributed by atoms with Crippen LogP contribution in [0, 0.1) is 0 Å². The number of fused-ring (bicyclic) bond motifs is 2. The molecule has 0 aromatic rings. The number of carbonyl (C=O) groups is 1. The maximum Gasteiger partial charge on any atom is 0.239 e. The van der Waals surface area contributed by atoms with Crippen molar-refractivity contribution >= 4 is 5.91 Å². The fourth-order valence-electron chi connectivity index (χ4n) is 4.32. The Balaban J connectivity index is 1.90. The third kappa shape index (κ3) is 3.55. The molecule has 0 spiro atoms. The van der Waals surface area contributed by atoms with Crippen molar-refractivity contribution in [2.24, 2.45) is 5.73 Å². The number of rotatable bonds is 4. The van der Waals surface area contributed by atoms with E-state index in [0.717, 1.165) is 0 Å². The quantitative estimate of drug-likeness (QED) is 0.248. The minimum Gasteiger partial charge on any atom is -0.390 e. The fraction of sp³-hybridized carbons (Fsp3) is 0.941. The first-order valence-corrected chi connectivity index (χ1v) is 9.61. The molecule has 1 amide bonds. The average Bonchev–Trinajstić information content (AvgIpc) is 2.62. The predicted molar refractivity (Wildman–Crippen MR) is 96.9 cm³/mol. The van der Waals surface area contributed by atoms with Crippen molar-refractivity contribution < 1.29 is 34.3 Å². The van der Waals surface area contributed by atoms with Gasteiger partial charge in [0.2, 0.25) is 18.0 Å². The number of ether oxygens (including phenoxy) is 3. The lowest BCUT2D eigenvalue weighted by Gasteiger charge is -2.58. The van der Waals surface area contributed by atoms with Gasteiger partial charge in [-0.15, -0.1) is 0 Å². The number of aliphatic hydroxyl groups is 3. The lowest BCUT2D eigenvalue weighted by Crippen LogP contribution is -2.79. The van der Waals surface area contributed by atoms with Crippen LogP contribution < -0.4 is 21.7 Å². The summed E-state index contributed by atoms with van der Waals surface area (Å²) in [6.07, 6.45) is -5.13. The first kappa shape index (κ1) is 21.8. The average molecular weight is 404 g/mol. The minimum atomic E-state index is -2.00. The maximum absolute atomic E-state index is 12.1. The van der Waals surface area contributed by atoms with Gasteiger partial charge in [-0.3, -0.25) is 4.79 Å². The zero-order valence-electron chi connectivity index (χ0n) is 16.5. The molecule has 28 heavy (non-hydrogen) atoms. The lowest BCUT2D eigenvalue weighted by atomic mass is 9.79. The summed E-state index contributed by atoms with van der Waals surface area (Å²) in [7, 11) is 3.27. The van der Waals surface area contributed by atoms with E-state index in [4.69, 9.17) is 19.9 Å². The van der Waals surface area contributed by atoms with Gasteiger partial charge in [0.25, 0.3) is 0 Å². The van der Waals surface area contributed by atoms with E-state index in [1.807, 2.05) is 0 Å². The molecule has 0 bridgehead atoms. The van der Waals surface area contributed by atoms with Crippen LogP contribution in [0.25, 0.3) is 0 Å². The molecular weight excluding hydrogens is 372 g/mol. The molecule has 3 fully saturated rings. The third-order valence-corrected chi connectivity index (χ3v) is 5.88. The van der Waals surface area contributed by atoms with Crippen molar-refractivity contribution in [1.29, 1.82) is 0 Å². The van der Waals surface area contributed by atoms with Crippen molar-refractivity contribution in [3.05, 3.63) is 0 Å². The SMILES string of the molecule is CN[C@@H]1[C@H](O)[C@H](NC)C2O[C@]3(O)C(OC2[C@H]1O)O[C@H](C)C[C@H]3NC(=O)[C@H](C)N. The van der Waals surface area contributed by atoms with Crippen LogP contribution in [0.2, 0.25) is 0 Å². The smallest absolute Gasteiger partial charge is 0.239 e. The molecule has 162 valence electrons. The Hall–Kier alpha value is -0.890. The van der Waals surface area contributed by atoms with Crippen molar-refractivity contribution in [3.63, 3.8) is 0 Å². The Labute approximate surface area is 163 Å². The van der Waals surface area contributed by atoms with E-state index >= 15 is 0 Å². The molecule has 11 atom stereocenters. The van der Waals surface area contributed by atoms with Gasteiger partial charge in [-0.2, -0.15) is 0 Å². The van der Waals surface area contributed by atoms with Crippen molar-refractivity contribution in [2.45, 2.75) is 87.0 Å². The van der Waals surface area contributed by atoms with E-state index in [1.54, 1.807) is 21.0 Å². The molecule has 1 aliphatic carbocycles. The number of carbonyl (C=O) groups excluding carboxylic acids is 1. The number of amides is 1. The van der Waals surface area contributed by atoms with Gasteiger partial charge < -0.3 is 51.2 Å². The van der Waals surface area contributed by atoms with Gasteiger partial charge >= 0.3 is 0 Å². The summed E-state index contributed by atoms with van der Waals surface area (Å²) in [6.45, 7) is 3.32. The number of nitrogens with one attached hydrogen (secondary N) is 3. The fourth-order valence-corrected chi connectivity index (χ4v) is 4.32. The molecule has 2 heterocycles. The molecule has 3 aliphatic rings. The van der Waals surface area contributed by atoms with Crippen molar-refractivity contribution in [3.8, 4) is 0 Å². The Morgan fingerprint density at radius 1 is 1.14 bits per heavy atom. The summed E-state index contributed by atoms with van der Waals surface area (Å²) in [6, 6.07) is -2.91. The highest BCUT2D eigenvalue weighted by molar-refractivity contribution is 5.81. The first-order chi connectivity index (χ1) is 13.1. The van der Waals surface area contributed by atoms with Crippen LogP contribution in [-0.4, -0.2) is 102 Å². The summed E-state index contributed by atoms with van der Waals surface area (Å²) in [4.78, 5) is 12.1. The number of nitrogens with two attached hydrogens (primary N) is 1. The molecule has 3 rings (SSSR count). The van der Waals surface area contributed by atoms with Crippen LogP contribution in [0.15, 0.2) is 0 Å². The Kier molecular flexibility index (Phi) is 6.30. The van der Waals surface area contributed by atoms with Gasteiger partial charge in [0, 0.05) is 0 Å². The van der Waals surface area contributed by atoms with Gasteiger partial charge in [-0.1, -0.05) is 0 Å². The van der Waals surface area contributed by atoms with Gasteiger partial charge in [-0.25, -0.2) is 0 Å². The molecule has 11 heteroatoms. The summed E-state index contributed by atoms with van der Waals surface area (Å²) >= 11 is 0. The Morgan fingerprint density at radius 3 is 2.36 bits per heavy atom. The summed E-state index contributed by atoms with van der Waals surface area (Å²) in [5.41, 5.74) is 5.64. The molecule has 0 aromatic heterocycles.